The average molecular weight is 459 g/mol. The maximum atomic E-state index is 12.1. The molecule has 1 aliphatic rings. The summed E-state index contributed by atoms with van der Waals surface area (Å²) in [4.78, 5) is 35.8. The second kappa shape index (κ2) is 11.8. The molecule has 1 atom stereocenters. The first kappa shape index (κ1) is 23.2. The Hall–Kier alpha value is -3.43. The maximum Gasteiger partial charge on any atom is 0.329 e. The third-order valence-electron chi connectivity index (χ3n) is 4.48. The predicted octanol–water partition coefficient (Wildman–Crippen LogP) is 2.10. The van der Waals surface area contributed by atoms with Crippen LogP contribution in [-0.4, -0.2) is 49.8 Å². The SMILES string of the molecule is O=C(COc1ccccc1/C=N\NC(=O)C(=O)NC[C@H]1CCCO1)Nc1cccc(Cl)c1. The fraction of sp³-hybridized carbons (Fsp3) is 0.273. The molecule has 1 fully saturated rings. The minimum atomic E-state index is -0.890. The van der Waals surface area contributed by atoms with Gasteiger partial charge in [0.05, 0.1) is 12.3 Å². The second-order valence-corrected chi connectivity index (χ2v) is 7.37. The van der Waals surface area contributed by atoms with Gasteiger partial charge in [-0.1, -0.05) is 29.8 Å². The Morgan fingerprint density at radius 2 is 2.00 bits per heavy atom. The van der Waals surface area contributed by atoms with Crippen molar-refractivity contribution in [3.05, 3.63) is 59.1 Å². The number of benzene rings is 2. The Morgan fingerprint density at radius 3 is 2.78 bits per heavy atom. The number of para-hydroxylation sites is 1. The van der Waals surface area contributed by atoms with E-state index in [-0.39, 0.29) is 25.2 Å². The molecule has 0 bridgehead atoms. The van der Waals surface area contributed by atoms with E-state index in [2.05, 4.69) is 21.2 Å². The van der Waals surface area contributed by atoms with Crippen LogP contribution in [0.25, 0.3) is 0 Å². The molecule has 3 N–H and O–H groups in total. The number of halogens is 1. The van der Waals surface area contributed by atoms with Gasteiger partial charge >= 0.3 is 11.8 Å². The zero-order valence-electron chi connectivity index (χ0n) is 17.2. The van der Waals surface area contributed by atoms with Crippen molar-refractivity contribution in [2.24, 2.45) is 5.10 Å². The third-order valence-corrected chi connectivity index (χ3v) is 4.71. The van der Waals surface area contributed by atoms with Crippen molar-refractivity contribution in [3.8, 4) is 5.75 Å². The minimum absolute atomic E-state index is 0.0599. The average Bonchev–Trinajstić information content (AvgIpc) is 3.30. The molecule has 32 heavy (non-hydrogen) atoms. The van der Waals surface area contributed by atoms with Crippen molar-refractivity contribution in [3.63, 3.8) is 0 Å². The summed E-state index contributed by atoms with van der Waals surface area (Å²) in [6.45, 7) is 0.708. The first-order chi connectivity index (χ1) is 15.5. The van der Waals surface area contributed by atoms with Crippen LogP contribution >= 0.6 is 11.6 Å². The third kappa shape index (κ3) is 7.36. The number of hydrogen-bond donors (Lipinski definition) is 3. The molecule has 0 radical (unpaired) electrons. The summed E-state index contributed by atoms with van der Waals surface area (Å²) >= 11 is 5.90. The molecule has 2 aromatic rings. The van der Waals surface area contributed by atoms with Crippen LogP contribution < -0.4 is 20.8 Å². The second-order valence-electron chi connectivity index (χ2n) is 6.93. The molecule has 0 saturated carbocycles. The van der Waals surface area contributed by atoms with Crippen LogP contribution in [0.5, 0.6) is 5.75 Å². The van der Waals surface area contributed by atoms with Crippen molar-refractivity contribution in [1.29, 1.82) is 0 Å². The van der Waals surface area contributed by atoms with E-state index >= 15 is 0 Å². The van der Waals surface area contributed by atoms with E-state index in [1.807, 2.05) is 0 Å². The molecule has 0 spiro atoms. The van der Waals surface area contributed by atoms with Crippen molar-refractivity contribution in [2.75, 3.05) is 25.1 Å². The van der Waals surface area contributed by atoms with Crippen molar-refractivity contribution >= 4 is 41.2 Å². The highest BCUT2D eigenvalue weighted by atomic mass is 35.5. The lowest BCUT2D eigenvalue weighted by Crippen LogP contribution is -2.41. The topological polar surface area (TPSA) is 118 Å². The van der Waals surface area contributed by atoms with Crippen LogP contribution in [0.4, 0.5) is 5.69 Å². The van der Waals surface area contributed by atoms with Crippen molar-refractivity contribution < 1.29 is 23.9 Å². The minimum Gasteiger partial charge on any atom is -0.483 e. The number of hydrogen-bond acceptors (Lipinski definition) is 6. The molecule has 168 valence electrons. The smallest absolute Gasteiger partial charge is 0.329 e. The number of rotatable bonds is 8. The Kier molecular flexibility index (Phi) is 8.59. The van der Waals surface area contributed by atoms with Gasteiger partial charge in [-0.15, -0.1) is 0 Å². The fourth-order valence-corrected chi connectivity index (χ4v) is 3.12. The summed E-state index contributed by atoms with van der Waals surface area (Å²) in [7, 11) is 0. The van der Waals surface area contributed by atoms with Crippen molar-refractivity contribution in [1.82, 2.24) is 10.7 Å². The normalized spacial score (nSPS) is 15.3. The number of nitrogens with zero attached hydrogens (tertiary/aromatic N) is 1. The highest BCUT2D eigenvalue weighted by Gasteiger charge is 2.19. The van der Waals surface area contributed by atoms with E-state index in [0.29, 0.717) is 28.6 Å². The summed E-state index contributed by atoms with van der Waals surface area (Å²) in [5, 5.41) is 9.50. The van der Waals surface area contributed by atoms with Crippen LogP contribution in [0.3, 0.4) is 0 Å². The van der Waals surface area contributed by atoms with Gasteiger partial charge in [-0.3, -0.25) is 14.4 Å². The molecule has 1 saturated heterocycles. The number of ether oxygens (including phenoxy) is 2. The van der Waals surface area contributed by atoms with Crippen LogP contribution in [0, 0.1) is 0 Å². The Morgan fingerprint density at radius 1 is 1.16 bits per heavy atom. The Labute approximate surface area is 190 Å². The van der Waals surface area contributed by atoms with Gasteiger partial charge in [0.2, 0.25) is 0 Å². The summed E-state index contributed by atoms with van der Waals surface area (Å²) in [5.41, 5.74) is 3.24. The highest BCUT2D eigenvalue weighted by molar-refractivity contribution is 6.35. The Balaban J connectivity index is 1.47. The summed E-state index contributed by atoms with van der Waals surface area (Å²) in [5.74, 6) is -1.66. The van der Waals surface area contributed by atoms with Crippen LogP contribution in [0.15, 0.2) is 53.6 Å². The molecule has 3 rings (SSSR count). The van der Waals surface area contributed by atoms with Gasteiger partial charge in [0, 0.05) is 29.4 Å². The summed E-state index contributed by atoms with van der Waals surface area (Å²) in [6.07, 6.45) is 3.07. The van der Waals surface area contributed by atoms with Crippen molar-refractivity contribution in [2.45, 2.75) is 18.9 Å². The largest absolute Gasteiger partial charge is 0.483 e. The van der Waals surface area contributed by atoms with E-state index in [9.17, 15) is 14.4 Å². The van der Waals surface area contributed by atoms with E-state index < -0.39 is 11.8 Å². The molecule has 0 aromatic heterocycles. The van der Waals surface area contributed by atoms with Crippen LogP contribution in [0.2, 0.25) is 5.02 Å². The quantitative estimate of drug-likeness (QED) is 0.318. The molecule has 0 unspecified atom stereocenters. The Bertz CT molecular complexity index is 992. The molecule has 1 aliphatic heterocycles. The van der Waals surface area contributed by atoms with Gasteiger partial charge in [-0.05, 0) is 43.2 Å². The maximum absolute atomic E-state index is 12.1. The van der Waals surface area contributed by atoms with Gasteiger partial charge in [-0.2, -0.15) is 5.10 Å². The van der Waals surface area contributed by atoms with E-state index in [1.54, 1.807) is 48.5 Å². The monoisotopic (exact) mass is 458 g/mol. The zero-order valence-corrected chi connectivity index (χ0v) is 17.9. The molecule has 9 nitrogen and oxygen atoms in total. The lowest BCUT2D eigenvalue weighted by Gasteiger charge is -2.10. The van der Waals surface area contributed by atoms with Gasteiger partial charge in [0.15, 0.2) is 6.61 Å². The number of hydrazone groups is 1. The highest BCUT2D eigenvalue weighted by Crippen LogP contribution is 2.17. The number of carbonyl (C=O) groups is 3. The summed E-state index contributed by atoms with van der Waals surface area (Å²) < 4.78 is 10.9. The lowest BCUT2D eigenvalue weighted by atomic mass is 10.2. The van der Waals surface area contributed by atoms with Gasteiger partial charge < -0.3 is 20.1 Å². The molecular formula is C22H23ClN4O5. The first-order valence-electron chi connectivity index (χ1n) is 10.0. The number of carbonyl (C=O) groups excluding carboxylic acids is 3. The number of amides is 3. The molecular weight excluding hydrogens is 436 g/mol. The van der Waals surface area contributed by atoms with Crippen LogP contribution in [-0.2, 0) is 19.1 Å². The van der Waals surface area contributed by atoms with E-state index in [1.165, 1.54) is 6.21 Å². The van der Waals surface area contributed by atoms with Crippen LogP contribution in [0.1, 0.15) is 18.4 Å². The molecule has 10 heteroatoms. The molecule has 3 amide bonds. The molecule has 2 aromatic carbocycles. The summed E-state index contributed by atoms with van der Waals surface area (Å²) in [6, 6.07) is 13.6. The first-order valence-corrected chi connectivity index (χ1v) is 10.4. The molecule has 1 heterocycles. The standard InChI is InChI=1S/C22H23ClN4O5/c23-16-6-3-7-17(11-16)26-20(28)14-32-19-9-2-1-5-15(19)12-25-27-22(30)21(29)24-13-18-8-4-10-31-18/h1-3,5-7,9,11-12,18H,4,8,10,13-14H2,(H,24,29)(H,26,28)(H,27,30)/b25-12-/t18-/m1/s1. The fourth-order valence-electron chi connectivity index (χ4n) is 2.93. The van der Waals surface area contributed by atoms with Gasteiger partial charge in [-0.25, -0.2) is 5.43 Å². The predicted molar refractivity (Wildman–Crippen MR) is 120 cm³/mol. The molecule has 0 aliphatic carbocycles. The van der Waals surface area contributed by atoms with E-state index in [4.69, 9.17) is 21.1 Å². The van der Waals surface area contributed by atoms with Gasteiger partial charge in [0.25, 0.3) is 5.91 Å². The lowest BCUT2D eigenvalue weighted by molar-refractivity contribution is -0.139. The zero-order chi connectivity index (χ0) is 22.8. The van der Waals surface area contributed by atoms with E-state index in [0.717, 1.165) is 12.8 Å². The number of anilines is 1. The van der Waals surface area contributed by atoms with Gasteiger partial charge in [0.1, 0.15) is 5.75 Å². The number of nitrogens with one attached hydrogen (secondary N) is 3.